The first-order valence-electron chi connectivity index (χ1n) is 6.59. The van der Waals surface area contributed by atoms with Gasteiger partial charge in [-0.3, -0.25) is 0 Å². The van der Waals surface area contributed by atoms with E-state index in [4.69, 9.17) is 23.2 Å². The van der Waals surface area contributed by atoms with Crippen LogP contribution in [0.5, 0.6) is 0 Å². The minimum atomic E-state index is -0.505. The maximum absolute atomic E-state index is 10.3. The Morgan fingerprint density at radius 2 is 1.75 bits per heavy atom. The van der Waals surface area contributed by atoms with Crippen LogP contribution in [0.3, 0.4) is 0 Å². The molecule has 0 saturated heterocycles. The van der Waals surface area contributed by atoms with Crippen LogP contribution in [0, 0.1) is 0 Å². The van der Waals surface area contributed by atoms with Gasteiger partial charge in [0.15, 0.2) is 0 Å². The number of aliphatic hydroxyl groups is 1. The second kappa shape index (κ2) is 7.09. The lowest BCUT2D eigenvalue weighted by atomic mass is 10.0. The first-order valence-corrected chi connectivity index (χ1v) is 7.34. The van der Waals surface area contributed by atoms with Crippen molar-refractivity contribution in [3.8, 4) is 0 Å². The zero-order chi connectivity index (χ0) is 14.5. The van der Waals surface area contributed by atoms with E-state index in [0.29, 0.717) is 16.6 Å². The highest BCUT2D eigenvalue weighted by Gasteiger charge is 2.19. The van der Waals surface area contributed by atoms with Crippen LogP contribution in [0.15, 0.2) is 48.5 Å². The van der Waals surface area contributed by atoms with Gasteiger partial charge in [-0.2, -0.15) is 0 Å². The average molecular weight is 311 g/mol. The van der Waals surface area contributed by atoms with Crippen molar-refractivity contribution < 1.29 is 10.4 Å². The number of quaternary nitrogens is 1. The zero-order valence-corrected chi connectivity index (χ0v) is 12.8. The lowest BCUT2D eigenvalue weighted by molar-refractivity contribution is -0.709. The van der Waals surface area contributed by atoms with Crippen molar-refractivity contribution in [2.24, 2.45) is 0 Å². The summed E-state index contributed by atoms with van der Waals surface area (Å²) >= 11 is 12.2. The average Bonchev–Trinajstić information content (AvgIpc) is 2.48. The Morgan fingerprint density at radius 3 is 2.45 bits per heavy atom. The molecule has 2 aromatic rings. The Bertz CT molecular complexity index is 560. The van der Waals surface area contributed by atoms with Gasteiger partial charge in [-0.15, -0.1) is 0 Å². The summed E-state index contributed by atoms with van der Waals surface area (Å²) in [6.45, 7) is 2.68. The van der Waals surface area contributed by atoms with Gasteiger partial charge in [0.1, 0.15) is 18.7 Å². The first-order chi connectivity index (χ1) is 9.59. The molecule has 0 radical (unpaired) electrons. The van der Waals surface area contributed by atoms with E-state index >= 15 is 0 Å². The van der Waals surface area contributed by atoms with Crippen molar-refractivity contribution in [2.75, 3.05) is 0 Å². The third kappa shape index (κ3) is 3.74. The molecule has 106 valence electrons. The molecule has 0 fully saturated rings. The van der Waals surface area contributed by atoms with E-state index in [1.54, 1.807) is 6.07 Å². The van der Waals surface area contributed by atoms with Gasteiger partial charge in [-0.25, -0.2) is 0 Å². The van der Waals surface area contributed by atoms with Gasteiger partial charge in [0.05, 0.1) is 10.0 Å². The maximum atomic E-state index is 10.3. The molecule has 0 aromatic heterocycles. The van der Waals surface area contributed by atoms with Gasteiger partial charge in [0, 0.05) is 5.56 Å². The fraction of sp³-hybridized carbons (Fsp3) is 0.250. The summed E-state index contributed by atoms with van der Waals surface area (Å²) in [7, 11) is 0. The maximum Gasteiger partial charge on any atom is 0.130 e. The van der Waals surface area contributed by atoms with Gasteiger partial charge in [-0.05, 0) is 18.6 Å². The van der Waals surface area contributed by atoms with Gasteiger partial charge < -0.3 is 10.4 Å². The van der Waals surface area contributed by atoms with E-state index in [1.807, 2.05) is 49.4 Å². The molecular formula is C16H18Cl2NO+. The van der Waals surface area contributed by atoms with Crippen LogP contribution in [0.2, 0.25) is 10.0 Å². The van der Waals surface area contributed by atoms with Crippen molar-refractivity contribution in [3.63, 3.8) is 0 Å². The molecule has 0 unspecified atom stereocenters. The third-order valence-electron chi connectivity index (χ3n) is 3.38. The van der Waals surface area contributed by atoms with Crippen molar-refractivity contribution in [1.29, 1.82) is 0 Å². The molecular weight excluding hydrogens is 293 g/mol. The molecule has 0 amide bonds. The topological polar surface area (TPSA) is 36.8 Å². The Kier molecular flexibility index (Phi) is 5.44. The van der Waals surface area contributed by atoms with Crippen molar-refractivity contribution >= 4 is 23.2 Å². The molecule has 2 nitrogen and oxygen atoms in total. The van der Waals surface area contributed by atoms with Crippen LogP contribution >= 0.6 is 23.2 Å². The van der Waals surface area contributed by atoms with Crippen LogP contribution in [0.4, 0.5) is 0 Å². The van der Waals surface area contributed by atoms with Crippen molar-refractivity contribution in [2.45, 2.75) is 25.6 Å². The number of aliphatic hydroxyl groups excluding tert-OH is 1. The molecule has 20 heavy (non-hydrogen) atoms. The Hall–Kier alpha value is -1.06. The van der Waals surface area contributed by atoms with Gasteiger partial charge in [0.2, 0.25) is 0 Å². The highest BCUT2D eigenvalue weighted by molar-refractivity contribution is 6.42. The second-order valence-corrected chi connectivity index (χ2v) is 5.65. The largest absolute Gasteiger partial charge is 0.382 e. The summed E-state index contributed by atoms with van der Waals surface area (Å²) in [5.41, 5.74) is 1.90. The fourth-order valence-electron chi connectivity index (χ4n) is 2.10. The number of nitrogens with two attached hydrogens (primary N) is 1. The summed E-state index contributed by atoms with van der Waals surface area (Å²) in [5, 5.41) is 13.5. The summed E-state index contributed by atoms with van der Waals surface area (Å²) < 4.78 is 0. The molecule has 0 aliphatic heterocycles. The van der Waals surface area contributed by atoms with Crippen molar-refractivity contribution in [3.05, 3.63) is 69.7 Å². The molecule has 4 heteroatoms. The highest BCUT2D eigenvalue weighted by Crippen LogP contribution is 2.24. The first kappa shape index (κ1) is 15.3. The number of hydrogen-bond acceptors (Lipinski definition) is 1. The summed E-state index contributed by atoms with van der Waals surface area (Å²) in [5.74, 6) is 0. The normalized spacial score (nSPS) is 14.0. The van der Waals surface area contributed by atoms with E-state index in [2.05, 4.69) is 5.32 Å². The van der Waals surface area contributed by atoms with E-state index < -0.39 is 6.10 Å². The third-order valence-corrected chi connectivity index (χ3v) is 4.24. The number of hydrogen-bond donors (Lipinski definition) is 2. The van der Waals surface area contributed by atoms with Gasteiger partial charge >= 0.3 is 0 Å². The number of rotatable bonds is 5. The van der Waals surface area contributed by atoms with Crippen LogP contribution < -0.4 is 5.32 Å². The highest BCUT2D eigenvalue weighted by atomic mass is 35.5. The Balaban J connectivity index is 1.98. The predicted molar refractivity (Wildman–Crippen MR) is 83.0 cm³/mol. The van der Waals surface area contributed by atoms with Gasteiger partial charge in [-0.1, -0.05) is 65.7 Å². The fourth-order valence-corrected chi connectivity index (χ4v) is 2.50. The molecule has 0 aliphatic rings. The number of benzene rings is 2. The van der Waals surface area contributed by atoms with E-state index in [9.17, 15) is 5.11 Å². The summed E-state index contributed by atoms with van der Waals surface area (Å²) in [4.78, 5) is 0. The standard InChI is InChI=1S/C16H17Cl2NO/c1-11(16(20)12-6-3-2-4-7-12)19-10-13-8-5-9-14(17)15(13)18/h2-9,11,16,19-20H,10H2,1H3/p+1/t11-,16-/m1/s1. The molecule has 0 aliphatic carbocycles. The van der Waals surface area contributed by atoms with E-state index in [0.717, 1.165) is 11.1 Å². The summed E-state index contributed by atoms with van der Waals surface area (Å²) in [6, 6.07) is 15.3. The molecule has 0 bridgehead atoms. The molecule has 2 aromatic carbocycles. The molecule has 0 saturated carbocycles. The van der Waals surface area contributed by atoms with Crippen molar-refractivity contribution in [1.82, 2.24) is 0 Å². The van der Waals surface area contributed by atoms with Crippen LogP contribution in [0.1, 0.15) is 24.2 Å². The Morgan fingerprint density at radius 1 is 1.05 bits per heavy atom. The molecule has 0 spiro atoms. The van der Waals surface area contributed by atoms with E-state index in [-0.39, 0.29) is 6.04 Å². The monoisotopic (exact) mass is 310 g/mol. The smallest absolute Gasteiger partial charge is 0.130 e. The number of halogens is 2. The molecule has 2 atom stereocenters. The molecule has 3 N–H and O–H groups in total. The van der Waals surface area contributed by atoms with Crippen LogP contribution in [-0.2, 0) is 6.54 Å². The lowest BCUT2D eigenvalue weighted by Gasteiger charge is -2.18. The minimum absolute atomic E-state index is 0.0347. The van der Waals surface area contributed by atoms with E-state index in [1.165, 1.54) is 0 Å². The predicted octanol–water partition coefficient (Wildman–Crippen LogP) is 3.18. The SMILES string of the molecule is C[C@@H]([NH2+]Cc1cccc(Cl)c1Cl)[C@@H](O)c1ccccc1. The lowest BCUT2D eigenvalue weighted by Crippen LogP contribution is -2.89. The van der Waals surface area contributed by atoms with Gasteiger partial charge in [0.25, 0.3) is 0 Å². The molecule has 2 rings (SSSR count). The second-order valence-electron chi connectivity index (χ2n) is 4.87. The summed E-state index contributed by atoms with van der Waals surface area (Å²) in [6.07, 6.45) is -0.505. The zero-order valence-electron chi connectivity index (χ0n) is 11.3. The Labute approximate surface area is 129 Å². The van der Waals surface area contributed by atoms with Crippen LogP contribution in [0.25, 0.3) is 0 Å². The minimum Gasteiger partial charge on any atom is -0.382 e. The molecule has 0 heterocycles. The quantitative estimate of drug-likeness (QED) is 0.874. The van der Waals surface area contributed by atoms with Crippen LogP contribution in [-0.4, -0.2) is 11.1 Å².